The van der Waals surface area contributed by atoms with Gasteiger partial charge in [0.2, 0.25) is 5.91 Å². The maximum atomic E-state index is 12.7. The smallest absolute Gasteiger partial charge is 0.246 e. The average molecular weight is 438 g/mol. The molecule has 0 unspecified atom stereocenters. The van der Waals surface area contributed by atoms with Gasteiger partial charge in [-0.05, 0) is 54.8 Å². The van der Waals surface area contributed by atoms with Crippen LogP contribution in [-0.2, 0) is 4.79 Å². The van der Waals surface area contributed by atoms with E-state index in [2.05, 4.69) is 30.9 Å². The van der Waals surface area contributed by atoms with Gasteiger partial charge in [-0.3, -0.25) is 4.79 Å². The summed E-state index contributed by atoms with van der Waals surface area (Å²) in [4.78, 5) is 21.7. The first-order valence-corrected chi connectivity index (χ1v) is 11.1. The summed E-state index contributed by atoms with van der Waals surface area (Å²) in [5.74, 6) is 1.33. The molecule has 31 heavy (non-hydrogen) atoms. The molecule has 0 bridgehead atoms. The van der Waals surface area contributed by atoms with E-state index in [-0.39, 0.29) is 5.91 Å². The molecular formula is C24H27N3O3S. The Balaban J connectivity index is 1.39. The highest BCUT2D eigenvalue weighted by Gasteiger charge is 2.22. The molecule has 0 aliphatic carbocycles. The molecule has 1 saturated heterocycles. The van der Waals surface area contributed by atoms with Crippen LogP contribution in [-0.4, -0.2) is 56.2 Å². The van der Waals surface area contributed by atoms with Crippen LogP contribution in [0.4, 0.5) is 5.13 Å². The van der Waals surface area contributed by atoms with Gasteiger partial charge in [0.05, 0.1) is 24.4 Å². The van der Waals surface area contributed by atoms with Crippen LogP contribution in [0.2, 0.25) is 0 Å². The van der Waals surface area contributed by atoms with Gasteiger partial charge in [-0.2, -0.15) is 0 Å². The van der Waals surface area contributed by atoms with Crippen LogP contribution in [0, 0.1) is 13.8 Å². The molecule has 1 amide bonds. The highest BCUT2D eigenvalue weighted by molar-refractivity contribution is 7.22. The number of anilines is 1. The molecule has 1 aliphatic rings. The summed E-state index contributed by atoms with van der Waals surface area (Å²) in [6.45, 7) is 7.18. The van der Waals surface area contributed by atoms with Gasteiger partial charge in [0.25, 0.3) is 0 Å². The number of ether oxygens (including phenoxy) is 2. The van der Waals surface area contributed by atoms with E-state index >= 15 is 0 Å². The number of piperazine rings is 1. The molecule has 6 nitrogen and oxygen atoms in total. The SMILES string of the molecule is COc1ccc(/C=C\C(=O)N2CCN(c3nc4cc(C)cc(C)c4s3)CC2)cc1OC. The Morgan fingerprint density at radius 2 is 1.77 bits per heavy atom. The summed E-state index contributed by atoms with van der Waals surface area (Å²) < 4.78 is 11.8. The third kappa shape index (κ3) is 4.51. The molecule has 3 aromatic rings. The van der Waals surface area contributed by atoms with Crippen molar-refractivity contribution < 1.29 is 14.3 Å². The monoisotopic (exact) mass is 437 g/mol. The summed E-state index contributed by atoms with van der Waals surface area (Å²) in [5.41, 5.74) is 4.46. The molecular weight excluding hydrogens is 410 g/mol. The number of fused-ring (bicyclic) bond motifs is 1. The van der Waals surface area contributed by atoms with Crippen molar-refractivity contribution in [2.45, 2.75) is 13.8 Å². The van der Waals surface area contributed by atoms with Crippen molar-refractivity contribution >= 4 is 38.7 Å². The van der Waals surface area contributed by atoms with Crippen LogP contribution in [0.5, 0.6) is 11.5 Å². The van der Waals surface area contributed by atoms with Gasteiger partial charge in [-0.25, -0.2) is 4.98 Å². The maximum absolute atomic E-state index is 12.7. The summed E-state index contributed by atoms with van der Waals surface area (Å²) in [6, 6.07) is 9.94. The number of carbonyl (C=O) groups excluding carboxylic acids is 1. The molecule has 0 N–H and O–H groups in total. The number of hydrogen-bond donors (Lipinski definition) is 0. The summed E-state index contributed by atoms with van der Waals surface area (Å²) in [7, 11) is 3.21. The Hall–Kier alpha value is -3.06. The zero-order valence-corrected chi connectivity index (χ0v) is 19.2. The molecule has 1 aliphatic heterocycles. The minimum atomic E-state index is 0.0187. The first kappa shape index (κ1) is 21.2. The molecule has 0 radical (unpaired) electrons. The van der Waals surface area contributed by atoms with Crippen LogP contribution < -0.4 is 14.4 Å². The number of aryl methyl sites for hydroxylation is 2. The molecule has 4 rings (SSSR count). The Morgan fingerprint density at radius 3 is 2.48 bits per heavy atom. The van der Waals surface area contributed by atoms with E-state index in [9.17, 15) is 4.79 Å². The van der Waals surface area contributed by atoms with Gasteiger partial charge in [-0.15, -0.1) is 0 Å². The van der Waals surface area contributed by atoms with Gasteiger partial charge in [-0.1, -0.05) is 23.5 Å². The molecule has 0 spiro atoms. The summed E-state index contributed by atoms with van der Waals surface area (Å²) in [5, 5.41) is 1.04. The fraction of sp³-hybridized carbons (Fsp3) is 0.333. The fourth-order valence-corrected chi connectivity index (χ4v) is 4.91. The summed E-state index contributed by atoms with van der Waals surface area (Å²) in [6.07, 6.45) is 3.44. The van der Waals surface area contributed by atoms with Gasteiger partial charge >= 0.3 is 0 Å². The number of carbonyl (C=O) groups is 1. The number of benzene rings is 2. The zero-order valence-electron chi connectivity index (χ0n) is 18.3. The van der Waals surface area contributed by atoms with Crippen LogP contribution in [0.3, 0.4) is 0 Å². The number of amides is 1. The largest absolute Gasteiger partial charge is 0.493 e. The van der Waals surface area contributed by atoms with E-state index in [1.165, 1.54) is 15.8 Å². The first-order chi connectivity index (χ1) is 15.0. The molecule has 0 atom stereocenters. The van der Waals surface area contributed by atoms with Crippen molar-refractivity contribution in [1.29, 1.82) is 0 Å². The van der Waals surface area contributed by atoms with E-state index in [0.717, 1.165) is 29.3 Å². The van der Waals surface area contributed by atoms with E-state index < -0.39 is 0 Å². The lowest BCUT2D eigenvalue weighted by molar-refractivity contribution is -0.126. The zero-order chi connectivity index (χ0) is 22.0. The lowest BCUT2D eigenvalue weighted by Gasteiger charge is -2.34. The predicted molar refractivity (Wildman–Crippen MR) is 126 cm³/mol. The van der Waals surface area contributed by atoms with Crippen LogP contribution in [0.25, 0.3) is 16.3 Å². The van der Waals surface area contributed by atoms with Gasteiger partial charge in [0.15, 0.2) is 16.6 Å². The number of aromatic nitrogens is 1. The number of hydrogen-bond acceptors (Lipinski definition) is 6. The van der Waals surface area contributed by atoms with E-state index in [1.54, 1.807) is 31.6 Å². The van der Waals surface area contributed by atoms with Gasteiger partial charge in [0.1, 0.15) is 0 Å². The van der Waals surface area contributed by atoms with Crippen molar-refractivity contribution in [3.8, 4) is 11.5 Å². The maximum Gasteiger partial charge on any atom is 0.246 e. The van der Waals surface area contributed by atoms with Crippen molar-refractivity contribution in [2.24, 2.45) is 0 Å². The summed E-state index contributed by atoms with van der Waals surface area (Å²) >= 11 is 1.74. The molecule has 0 saturated carbocycles. The normalized spacial score (nSPS) is 14.5. The second-order valence-electron chi connectivity index (χ2n) is 7.69. The van der Waals surface area contributed by atoms with E-state index in [0.29, 0.717) is 24.6 Å². The first-order valence-electron chi connectivity index (χ1n) is 10.3. The molecule has 1 fully saturated rings. The Kier molecular flexibility index (Phi) is 6.13. The number of methoxy groups -OCH3 is 2. The third-order valence-corrected chi connectivity index (χ3v) is 6.76. The standard InChI is InChI=1S/C24H27N3O3S/c1-16-13-17(2)23-19(14-16)25-24(31-23)27-11-9-26(10-12-27)22(28)8-6-18-5-7-20(29-3)21(15-18)30-4/h5-8,13-15H,9-12H2,1-4H3/b8-6-. The molecule has 2 heterocycles. The Morgan fingerprint density at radius 1 is 1.03 bits per heavy atom. The number of rotatable bonds is 5. The van der Waals surface area contributed by atoms with Crippen molar-refractivity contribution in [2.75, 3.05) is 45.3 Å². The predicted octanol–water partition coefficient (Wildman–Crippen LogP) is 4.29. The number of nitrogens with zero attached hydrogens (tertiary/aromatic N) is 3. The quantitative estimate of drug-likeness (QED) is 0.558. The molecule has 1 aromatic heterocycles. The van der Waals surface area contributed by atoms with Crippen molar-refractivity contribution in [3.05, 3.63) is 53.1 Å². The second kappa shape index (κ2) is 8.98. The van der Waals surface area contributed by atoms with Gasteiger partial charge in [0, 0.05) is 32.3 Å². The molecule has 162 valence electrons. The minimum absolute atomic E-state index is 0.0187. The van der Waals surface area contributed by atoms with Gasteiger partial charge < -0.3 is 19.3 Å². The average Bonchev–Trinajstić information content (AvgIpc) is 3.21. The highest BCUT2D eigenvalue weighted by atomic mass is 32.1. The molecule has 7 heteroatoms. The van der Waals surface area contributed by atoms with Crippen LogP contribution >= 0.6 is 11.3 Å². The lowest BCUT2D eigenvalue weighted by atomic mass is 10.1. The van der Waals surface area contributed by atoms with E-state index in [4.69, 9.17) is 14.5 Å². The van der Waals surface area contributed by atoms with Crippen molar-refractivity contribution in [3.63, 3.8) is 0 Å². The minimum Gasteiger partial charge on any atom is -0.493 e. The van der Waals surface area contributed by atoms with Crippen LogP contribution in [0.15, 0.2) is 36.4 Å². The second-order valence-corrected chi connectivity index (χ2v) is 8.66. The topological polar surface area (TPSA) is 54.9 Å². The Bertz CT molecular complexity index is 1130. The van der Waals surface area contributed by atoms with Crippen molar-refractivity contribution in [1.82, 2.24) is 9.88 Å². The number of thiazole rings is 1. The van der Waals surface area contributed by atoms with E-state index in [1.807, 2.05) is 29.2 Å². The Labute approximate surface area is 186 Å². The third-order valence-electron chi connectivity index (χ3n) is 5.50. The fourth-order valence-electron chi connectivity index (χ4n) is 3.85. The lowest BCUT2D eigenvalue weighted by Crippen LogP contribution is -2.48. The highest BCUT2D eigenvalue weighted by Crippen LogP contribution is 2.32. The molecule has 2 aromatic carbocycles. The van der Waals surface area contributed by atoms with Crippen LogP contribution in [0.1, 0.15) is 16.7 Å².